The number of benzene rings is 1. The molecule has 1 aromatic carbocycles. The van der Waals surface area contributed by atoms with Crippen molar-refractivity contribution in [1.29, 1.82) is 0 Å². The monoisotopic (exact) mass is 326 g/mol. The van der Waals surface area contributed by atoms with Crippen LogP contribution < -0.4 is 5.32 Å². The number of carbonyl (C=O) groups is 1. The lowest BCUT2D eigenvalue weighted by Crippen LogP contribution is -2.27. The van der Waals surface area contributed by atoms with Crippen molar-refractivity contribution < 1.29 is 4.79 Å². The number of halogens is 2. The van der Waals surface area contributed by atoms with Gasteiger partial charge in [0.2, 0.25) is 5.91 Å². The van der Waals surface area contributed by atoms with E-state index in [-0.39, 0.29) is 11.8 Å². The number of hydrogen-bond acceptors (Lipinski definition) is 3. The molecule has 1 aromatic heterocycles. The average Bonchev–Trinajstić information content (AvgIpc) is 2.78. The maximum Gasteiger partial charge on any atom is 0.229 e. The van der Waals surface area contributed by atoms with Crippen molar-refractivity contribution in [3.63, 3.8) is 0 Å². The number of thiazole rings is 1. The van der Waals surface area contributed by atoms with Crippen LogP contribution in [0.15, 0.2) is 23.6 Å². The zero-order chi connectivity index (χ0) is 14.1. The van der Waals surface area contributed by atoms with Crippen LogP contribution >= 0.6 is 34.5 Å². The Morgan fingerprint density at radius 3 is 2.85 bits per heavy atom. The molecule has 0 atom stereocenters. The van der Waals surface area contributed by atoms with Gasteiger partial charge < -0.3 is 5.32 Å². The molecule has 1 N–H and O–H groups in total. The molecule has 1 saturated carbocycles. The van der Waals surface area contributed by atoms with Crippen LogP contribution in [0.5, 0.6) is 0 Å². The lowest BCUT2D eigenvalue weighted by Gasteiger charge is -2.23. The lowest BCUT2D eigenvalue weighted by atomic mass is 9.85. The summed E-state index contributed by atoms with van der Waals surface area (Å²) in [6.45, 7) is 0. The van der Waals surface area contributed by atoms with Crippen LogP contribution in [0.2, 0.25) is 10.0 Å². The summed E-state index contributed by atoms with van der Waals surface area (Å²) in [5, 5.41) is 6.54. The van der Waals surface area contributed by atoms with E-state index in [0.29, 0.717) is 15.2 Å². The molecule has 1 aliphatic rings. The van der Waals surface area contributed by atoms with E-state index in [0.717, 1.165) is 30.5 Å². The van der Waals surface area contributed by atoms with Crippen LogP contribution in [-0.4, -0.2) is 10.9 Å². The lowest BCUT2D eigenvalue weighted by molar-refractivity contribution is -0.122. The van der Waals surface area contributed by atoms with Crippen LogP contribution in [0.1, 0.15) is 19.3 Å². The number of anilines is 1. The summed E-state index contributed by atoms with van der Waals surface area (Å²) in [4.78, 5) is 16.3. The number of amides is 1. The molecule has 3 nitrogen and oxygen atoms in total. The minimum Gasteiger partial charge on any atom is -0.302 e. The standard InChI is InChI=1S/C14H12Cl2N2OS/c15-9-4-5-11(16)10(6-9)12-7-20-14(17-12)18-13(19)8-2-1-3-8/h4-8H,1-3H2,(H,17,18,19). The molecule has 1 amide bonds. The molecule has 0 unspecified atom stereocenters. The van der Waals surface area contributed by atoms with Gasteiger partial charge in [0, 0.05) is 21.9 Å². The van der Waals surface area contributed by atoms with E-state index >= 15 is 0 Å². The van der Waals surface area contributed by atoms with Gasteiger partial charge >= 0.3 is 0 Å². The van der Waals surface area contributed by atoms with Gasteiger partial charge in [-0.05, 0) is 31.0 Å². The Balaban J connectivity index is 1.79. The van der Waals surface area contributed by atoms with E-state index < -0.39 is 0 Å². The molecular weight excluding hydrogens is 315 g/mol. The Morgan fingerprint density at radius 2 is 2.15 bits per heavy atom. The summed E-state index contributed by atoms with van der Waals surface area (Å²) in [5.41, 5.74) is 1.51. The minimum atomic E-state index is 0.0642. The summed E-state index contributed by atoms with van der Waals surface area (Å²) in [6, 6.07) is 5.25. The summed E-state index contributed by atoms with van der Waals surface area (Å²) >= 11 is 13.5. The number of rotatable bonds is 3. The highest BCUT2D eigenvalue weighted by Gasteiger charge is 2.25. The first-order chi connectivity index (χ1) is 9.63. The molecule has 20 heavy (non-hydrogen) atoms. The van der Waals surface area contributed by atoms with E-state index in [2.05, 4.69) is 10.3 Å². The van der Waals surface area contributed by atoms with E-state index in [1.807, 2.05) is 5.38 Å². The second-order valence-corrected chi connectivity index (χ2v) is 6.48. The maximum absolute atomic E-state index is 11.9. The van der Waals surface area contributed by atoms with E-state index in [1.54, 1.807) is 18.2 Å². The molecule has 0 bridgehead atoms. The fourth-order valence-electron chi connectivity index (χ4n) is 2.03. The van der Waals surface area contributed by atoms with Gasteiger partial charge in [-0.25, -0.2) is 4.98 Å². The first-order valence-corrected chi connectivity index (χ1v) is 7.99. The molecule has 0 spiro atoms. The Bertz CT molecular complexity index is 652. The molecule has 1 heterocycles. The van der Waals surface area contributed by atoms with Gasteiger partial charge in [-0.2, -0.15) is 0 Å². The fourth-order valence-corrected chi connectivity index (χ4v) is 3.13. The van der Waals surface area contributed by atoms with Gasteiger partial charge in [0.05, 0.1) is 10.7 Å². The van der Waals surface area contributed by atoms with Crippen LogP contribution in [-0.2, 0) is 4.79 Å². The van der Waals surface area contributed by atoms with Crippen molar-refractivity contribution in [2.75, 3.05) is 5.32 Å². The van der Waals surface area contributed by atoms with Gasteiger partial charge in [0.1, 0.15) is 0 Å². The van der Waals surface area contributed by atoms with Crippen molar-refractivity contribution in [1.82, 2.24) is 4.98 Å². The highest BCUT2D eigenvalue weighted by atomic mass is 35.5. The third-order valence-electron chi connectivity index (χ3n) is 3.41. The van der Waals surface area contributed by atoms with E-state index in [4.69, 9.17) is 23.2 Å². The Morgan fingerprint density at radius 1 is 1.35 bits per heavy atom. The molecule has 2 aromatic rings. The Kier molecular flexibility index (Phi) is 3.96. The van der Waals surface area contributed by atoms with Gasteiger partial charge in [0.25, 0.3) is 0 Å². The minimum absolute atomic E-state index is 0.0642. The number of nitrogens with zero attached hydrogens (tertiary/aromatic N) is 1. The average molecular weight is 327 g/mol. The number of carbonyl (C=O) groups excluding carboxylic acids is 1. The zero-order valence-corrected chi connectivity index (χ0v) is 12.9. The predicted octanol–water partition coefficient (Wildman–Crippen LogP) is 4.86. The molecule has 0 radical (unpaired) electrons. The van der Waals surface area contributed by atoms with Crippen LogP contribution in [0, 0.1) is 5.92 Å². The molecule has 0 aliphatic heterocycles. The molecule has 6 heteroatoms. The van der Waals surface area contributed by atoms with Crippen molar-refractivity contribution >= 4 is 45.6 Å². The zero-order valence-electron chi connectivity index (χ0n) is 10.5. The quantitative estimate of drug-likeness (QED) is 0.875. The van der Waals surface area contributed by atoms with Crippen molar-refractivity contribution in [3.8, 4) is 11.3 Å². The van der Waals surface area contributed by atoms with Gasteiger partial charge in [-0.1, -0.05) is 29.6 Å². The van der Waals surface area contributed by atoms with Crippen molar-refractivity contribution in [3.05, 3.63) is 33.6 Å². The molecule has 0 saturated heterocycles. The van der Waals surface area contributed by atoms with E-state index in [9.17, 15) is 4.79 Å². The second-order valence-electron chi connectivity index (χ2n) is 4.78. The topological polar surface area (TPSA) is 42.0 Å². The number of aromatic nitrogens is 1. The van der Waals surface area contributed by atoms with Gasteiger partial charge in [-0.15, -0.1) is 11.3 Å². The highest BCUT2D eigenvalue weighted by molar-refractivity contribution is 7.14. The van der Waals surface area contributed by atoms with Crippen LogP contribution in [0.4, 0.5) is 5.13 Å². The van der Waals surface area contributed by atoms with Crippen LogP contribution in [0.25, 0.3) is 11.3 Å². The summed E-state index contributed by atoms with van der Waals surface area (Å²) in [7, 11) is 0. The van der Waals surface area contributed by atoms with Gasteiger partial charge in [0.15, 0.2) is 5.13 Å². The molecule has 104 valence electrons. The summed E-state index contributed by atoms with van der Waals surface area (Å²) in [6.07, 6.45) is 3.09. The van der Waals surface area contributed by atoms with Gasteiger partial charge in [-0.3, -0.25) is 4.79 Å². The summed E-state index contributed by atoms with van der Waals surface area (Å²) in [5.74, 6) is 0.214. The maximum atomic E-state index is 11.9. The van der Waals surface area contributed by atoms with E-state index in [1.165, 1.54) is 11.3 Å². The first kappa shape index (κ1) is 13.9. The third kappa shape index (κ3) is 2.82. The molecule has 1 aliphatic carbocycles. The highest BCUT2D eigenvalue weighted by Crippen LogP contribution is 2.33. The smallest absolute Gasteiger partial charge is 0.229 e. The normalized spacial score (nSPS) is 14.9. The SMILES string of the molecule is O=C(Nc1nc(-c2cc(Cl)ccc2Cl)cs1)C1CCC1. The van der Waals surface area contributed by atoms with Crippen LogP contribution in [0.3, 0.4) is 0 Å². The third-order valence-corrected chi connectivity index (χ3v) is 4.74. The number of hydrogen-bond donors (Lipinski definition) is 1. The molecule has 1 fully saturated rings. The summed E-state index contributed by atoms with van der Waals surface area (Å²) < 4.78 is 0. The Labute approximate surface area is 130 Å². The second kappa shape index (κ2) is 5.72. The predicted molar refractivity (Wildman–Crippen MR) is 83.5 cm³/mol. The van der Waals surface area contributed by atoms with Crippen molar-refractivity contribution in [2.24, 2.45) is 5.92 Å². The number of nitrogens with one attached hydrogen (secondary N) is 1. The Hall–Kier alpha value is -1.10. The fraction of sp³-hybridized carbons (Fsp3) is 0.286. The largest absolute Gasteiger partial charge is 0.302 e. The van der Waals surface area contributed by atoms with Crippen molar-refractivity contribution in [2.45, 2.75) is 19.3 Å². The first-order valence-electron chi connectivity index (χ1n) is 6.35. The molecular formula is C14H12Cl2N2OS. The molecule has 3 rings (SSSR count).